The van der Waals surface area contributed by atoms with Gasteiger partial charge in [0.2, 0.25) is 0 Å². The first-order valence-corrected chi connectivity index (χ1v) is 4.78. The van der Waals surface area contributed by atoms with Crippen molar-refractivity contribution in [2.45, 2.75) is 0 Å². The van der Waals surface area contributed by atoms with Crippen molar-refractivity contribution < 1.29 is 0 Å². The molecule has 1 heterocycles. The van der Waals surface area contributed by atoms with Gasteiger partial charge in [0.05, 0.1) is 0 Å². The van der Waals surface area contributed by atoms with Crippen LogP contribution >= 0.6 is 42.1 Å². The maximum absolute atomic E-state index is 4.85. The lowest BCUT2D eigenvalue weighted by Gasteiger charge is -1.64. The van der Waals surface area contributed by atoms with Crippen molar-refractivity contribution in [3.63, 3.8) is 0 Å². The fraction of sp³-hybridized carbons (Fsp3) is 0. The van der Waals surface area contributed by atoms with E-state index in [1.807, 2.05) is 6.07 Å². The highest BCUT2D eigenvalue weighted by Gasteiger charge is 1.82. The zero-order valence-electron chi connectivity index (χ0n) is 3.38. The van der Waals surface area contributed by atoms with E-state index in [0.29, 0.717) is 0 Å². The van der Waals surface area contributed by atoms with Gasteiger partial charge in [-0.25, -0.2) is 0 Å². The summed E-state index contributed by atoms with van der Waals surface area (Å²) in [4.78, 5) is 0. The van der Waals surface area contributed by atoms with E-state index >= 15 is 0 Å². The maximum atomic E-state index is 4.85. The normalized spacial score (nSPS) is 9.29. The molecule has 0 radical (unpaired) electrons. The lowest BCUT2D eigenvalue weighted by Crippen LogP contribution is -1.69. The first kappa shape index (κ1) is 5.83. The van der Waals surface area contributed by atoms with Gasteiger partial charge in [0.15, 0.2) is 0 Å². The Labute approximate surface area is 56.8 Å². The van der Waals surface area contributed by atoms with Crippen LogP contribution in [0.1, 0.15) is 0 Å². The van der Waals surface area contributed by atoms with E-state index in [4.69, 9.17) is 12.2 Å². The molecule has 0 N–H and O–H groups in total. The van der Waals surface area contributed by atoms with Crippen molar-refractivity contribution in [1.29, 1.82) is 0 Å². The van der Waals surface area contributed by atoms with E-state index in [1.54, 1.807) is 20.7 Å². The van der Waals surface area contributed by atoms with Gasteiger partial charge in [-0.2, -0.15) is 0 Å². The number of hydrogen-bond donors (Lipinski definition) is 0. The zero-order chi connectivity index (χ0) is 5.28. The summed E-state index contributed by atoms with van der Waals surface area (Å²) in [5.74, 6) is 0. The Morgan fingerprint density at radius 2 is 2.29 bits per heavy atom. The largest absolute Gasteiger partial charge is 0.102 e. The van der Waals surface area contributed by atoms with E-state index in [-0.39, 0.29) is 0 Å². The average molecular weight is 166 g/mol. The Morgan fingerprint density at radius 3 is 2.43 bits per heavy atom. The zero-order valence-corrected chi connectivity index (χ0v) is 6.98. The summed E-state index contributed by atoms with van der Waals surface area (Å²) >= 11 is 4.85. The second-order valence-corrected chi connectivity index (χ2v) is 5.02. The van der Waals surface area contributed by atoms with Gasteiger partial charge < -0.3 is 0 Å². The lowest BCUT2D eigenvalue weighted by molar-refractivity contribution is 2.15. The molecule has 7 heavy (non-hydrogen) atoms. The maximum Gasteiger partial charge on any atom is 0.102 e. The van der Waals surface area contributed by atoms with Crippen molar-refractivity contribution in [1.82, 2.24) is 0 Å². The Hall–Kier alpha value is 0.700. The van der Waals surface area contributed by atoms with Gasteiger partial charge in [0.25, 0.3) is 0 Å². The van der Waals surface area contributed by atoms with Crippen LogP contribution in [0.4, 0.5) is 0 Å². The first-order valence-electron chi connectivity index (χ1n) is 1.65. The molecule has 0 nitrogen and oxygen atoms in total. The van der Waals surface area contributed by atoms with E-state index in [1.165, 1.54) is 4.62 Å². The van der Waals surface area contributed by atoms with Gasteiger partial charge in [0, 0.05) is 4.62 Å². The van der Waals surface area contributed by atoms with Crippen molar-refractivity contribution >= 4 is 46.8 Å². The molecular weight excluding hydrogens is 163 g/mol. The predicted molar refractivity (Wildman–Crippen MR) is 42.4 cm³/mol. The molecule has 0 amide bonds. The number of hydrogen-bond acceptors (Lipinski definition) is 3. The van der Waals surface area contributed by atoms with Crippen LogP contribution in [-0.2, 0) is 0 Å². The van der Waals surface area contributed by atoms with E-state index in [9.17, 15) is 0 Å². The van der Waals surface area contributed by atoms with Crippen LogP contribution in [0.15, 0.2) is 6.07 Å². The van der Waals surface area contributed by atoms with Crippen LogP contribution < -0.4 is 4.62 Å². The summed E-state index contributed by atoms with van der Waals surface area (Å²) in [6.45, 7) is 0. The fourth-order valence-corrected chi connectivity index (χ4v) is 3.02. The molecule has 1 rings (SSSR count). The monoisotopic (exact) mass is 166 g/mol. The number of rotatable bonds is 0. The molecule has 38 valence electrons. The molecule has 0 aliphatic carbocycles. The van der Waals surface area contributed by atoms with Crippen molar-refractivity contribution in [2.24, 2.45) is 0 Å². The molecule has 0 saturated carbocycles. The molecule has 0 fully saturated rings. The molecule has 0 aliphatic heterocycles. The van der Waals surface area contributed by atoms with Gasteiger partial charge in [-0.15, -0.1) is 0 Å². The van der Waals surface area contributed by atoms with Crippen LogP contribution in [0.2, 0.25) is 0 Å². The van der Waals surface area contributed by atoms with Gasteiger partial charge >= 0.3 is 0 Å². The summed E-state index contributed by atoms with van der Waals surface area (Å²) in [5.41, 5.74) is 0. The molecule has 1 aromatic rings. The van der Waals surface area contributed by atoms with Crippen molar-refractivity contribution in [2.75, 3.05) is 0 Å². The molecule has 0 aromatic carbocycles. The van der Waals surface area contributed by atoms with Crippen LogP contribution in [-0.4, -0.2) is 0 Å². The summed E-state index contributed by atoms with van der Waals surface area (Å²) in [7, 11) is 5.96. The van der Waals surface area contributed by atoms with E-state index in [2.05, 4.69) is 9.24 Å². The Balaban J connectivity index is 3.30. The van der Waals surface area contributed by atoms with Crippen LogP contribution in [0.25, 0.3) is 0 Å². The highest BCUT2D eigenvalue weighted by Crippen LogP contribution is 2.09. The molecule has 1 aromatic heterocycles. The van der Waals surface area contributed by atoms with E-state index in [0.717, 1.165) is 3.82 Å². The molecule has 1 unspecified atom stereocenters. The first-order chi connectivity index (χ1) is 3.29. The van der Waals surface area contributed by atoms with Gasteiger partial charge in [-0.05, 0) is 6.07 Å². The summed E-state index contributed by atoms with van der Waals surface area (Å²) in [6.07, 6.45) is 0. The third-order valence-corrected chi connectivity index (χ3v) is 4.24. The third-order valence-electron chi connectivity index (χ3n) is 0.480. The topological polar surface area (TPSA) is 0 Å². The predicted octanol–water partition coefficient (Wildman–Crippen LogP) is 2.04. The second-order valence-electron chi connectivity index (χ2n) is 1.03. The van der Waals surface area contributed by atoms with Crippen molar-refractivity contribution in [3.8, 4) is 0 Å². The summed E-state index contributed by atoms with van der Waals surface area (Å²) in [5, 5.41) is 0. The minimum atomic E-state index is 0.981. The summed E-state index contributed by atoms with van der Waals surface area (Å²) in [6, 6.07) is 1.98. The van der Waals surface area contributed by atoms with Crippen LogP contribution in [0.5, 0.6) is 0 Å². The van der Waals surface area contributed by atoms with E-state index < -0.39 is 0 Å². The minimum absolute atomic E-state index is 0.981. The minimum Gasteiger partial charge on any atom is -0.0936 e. The highest BCUT2D eigenvalue weighted by atomic mass is 32.9. The van der Waals surface area contributed by atoms with Crippen LogP contribution in [0, 0.1) is 3.82 Å². The molecule has 0 aliphatic rings. The standard InChI is InChI=1S/C3H3PS3/c4-2-1-3(5)7-6-2/h1H,4H2. The molecule has 0 bridgehead atoms. The molecule has 0 saturated heterocycles. The smallest absolute Gasteiger partial charge is 0.0936 e. The highest BCUT2D eigenvalue weighted by molar-refractivity contribution is 7.82. The Kier molecular flexibility index (Phi) is 1.93. The third kappa shape index (κ3) is 1.57. The molecule has 1 atom stereocenters. The molecule has 4 heteroatoms. The van der Waals surface area contributed by atoms with Gasteiger partial charge in [0.1, 0.15) is 3.82 Å². The second kappa shape index (κ2) is 2.31. The van der Waals surface area contributed by atoms with Gasteiger partial charge in [-0.1, -0.05) is 42.1 Å². The Morgan fingerprint density at radius 1 is 1.57 bits per heavy atom. The van der Waals surface area contributed by atoms with Gasteiger partial charge in [-0.3, -0.25) is 0 Å². The van der Waals surface area contributed by atoms with Crippen molar-refractivity contribution in [3.05, 3.63) is 9.89 Å². The molecular formula is C3H3PS3. The summed E-state index contributed by atoms with van der Waals surface area (Å²) < 4.78 is 2.21. The lowest BCUT2D eigenvalue weighted by atomic mass is 10.8. The quantitative estimate of drug-likeness (QED) is 0.323. The fourth-order valence-electron chi connectivity index (χ4n) is 0.253. The Bertz CT molecular complexity index is 198. The average Bonchev–Trinajstić information content (AvgIpc) is 1.87. The SMILES string of the molecule is Pc1cc(=S)ss1. The molecule has 0 spiro atoms. The van der Waals surface area contributed by atoms with Crippen LogP contribution in [0.3, 0.4) is 0 Å².